The molecule has 0 spiro atoms. The number of methoxy groups -OCH3 is 1. The number of aromatic amines is 1. The molecule has 28 heavy (non-hydrogen) atoms. The summed E-state index contributed by atoms with van der Waals surface area (Å²) in [5.74, 6) is -1.20. The third-order valence-electron chi connectivity index (χ3n) is 5.50. The number of hydrogen-bond donors (Lipinski definition) is 2. The van der Waals surface area contributed by atoms with Crippen LogP contribution in [0.15, 0.2) is 24.4 Å². The standard InChI is InChI=1S/C21H27N3O4/c1-4-24(5-2)18(25)10-9-15-14-7-6-8-16-19(14)13(12-22-16)11-17(21(27)28-3)23-20(15)26/h6-8,12,15,17,22H,4-5,9-11H2,1-3H3,(H,23,26). The summed E-state index contributed by atoms with van der Waals surface area (Å²) in [6, 6.07) is 5.05. The lowest BCUT2D eigenvalue weighted by molar-refractivity contribution is -0.145. The lowest BCUT2D eigenvalue weighted by Crippen LogP contribution is -2.46. The van der Waals surface area contributed by atoms with Crippen molar-refractivity contribution >= 4 is 28.7 Å². The van der Waals surface area contributed by atoms with Crippen LogP contribution in [-0.2, 0) is 25.5 Å². The Morgan fingerprint density at radius 3 is 2.68 bits per heavy atom. The molecule has 2 atom stereocenters. The van der Waals surface area contributed by atoms with E-state index in [4.69, 9.17) is 4.74 Å². The summed E-state index contributed by atoms with van der Waals surface area (Å²) in [4.78, 5) is 42.7. The molecule has 0 saturated carbocycles. The fourth-order valence-corrected chi connectivity index (χ4v) is 4.00. The van der Waals surface area contributed by atoms with Crippen LogP contribution in [0.1, 0.15) is 43.7 Å². The Morgan fingerprint density at radius 2 is 2.00 bits per heavy atom. The smallest absolute Gasteiger partial charge is 0.328 e. The number of nitrogens with zero attached hydrogens (tertiary/aromatic N) is 1. The second kappa shape index (κ2) is 8.46. The number of ether oxygens (including phenoxy) is 1. The third-order valence-corrected chi connectivity index (χ3v) is 5.50. The summed E-state index contributed by atoms with van der Waals surface area (Å²) in [5.41, 5.74) is 2.77. The van der Waals surface area contributed by atoms with Crippen LogP contribution in [0.3, 0.4) is 0 Å². The molecule has 0 fully saturated rings. The van der Waals surface area contributed by atoms with Crippen molar-refractivity contribution in [2.24, 2.45) is 0 Å². The number of H-pyrrole nitrogens is 1. The van der Waals surface area contributed by atoms with Crippen LogP contribution in [0, 0.1) is 0 Å². The second-order valence-electron chi connectivity index (χ2n) is 7.03. The van der Waals surface area contributed by atoms with Crippen molar-refractivity contribution in [3.8, 4) is 0 Å². The number of rotatable bonds is 6. The van der Waals surface area contributed by atoms with E-state index >= 15 is 0 Å². The van der Waals surface area contributed by atoms with Gasteiger partial charge in [-0.3, -0.25) is 9.59 Å². The number of nitrogens with one attached hydrogen (secondary N) is 2. The van der Waals surface area contributed by atoms with Crippen LogP contribution < -0.4 is 5.32 Å². The molecule has 150 valence electrons. The fourth-order valence-electron chi connectivity index (χ4n) is 4.00. The Hall–Kier alpha value is -2.83. The van der Waals surface area contributed by atoms with E-state index in [0.29, 0.717) is 25.9 Å². The lowest BCUT2D eigenvalue weighted by Gasteiger charge is -2.26. The molecule has 0 radical (unpaired) electrons. The predicted octanol–water partition coefficient (Wildman–Crippen LogP) is 2.11. The minimum atomic E-state index is -0.745. The molecule has 2 aromatic rings. The Balaban J connectivity index is 1.97. The Kier molecular flexibility index (Phi) is 6.02. The minimum absolute atomic E-state index is 0.0332. The van der Waals surface area contributed by atoms with Crippen LogP contribution in [0.25, 0.3) is 10.9 Å². The summed E-state index contributed by atoms with van der Waals surface area (Å²) < 4.78 is 4.86. The molecule has 0 bridgehead atoms. The maximum atomic E-state index is 13.0. The molecular formula is C21H27N3O4. The molecule has 2 N–H and O–H groups in total. The first-order valence-electron chi connectivity index (χ1n) is 9.74. The van der Waals surface area contributed by atoms with Gasteiger partial charge in [0.15, 0.2) is 0 Å². The van der Waals surface area contributed by atoms with Gasteiger partial charge in [0.05, 0.1) is 13.0 Å². The van der Waals surface area contributed by atoms with Crippen molar-refractivity contribution in [3.05, 3.63) is 35.5 Å². The van der Waals surface area contributed by atoms with Crippen molar-refractivity contribution in [3.63, 3.8) is 0 Å². The van der Waals surface area contributed by atoms with Crippen LogP contribution in [0.2, 0.25) is 0 Å². The topological polar surface area (TPSA) is 91.5 Å². The van der Waals surface area contributed by atoms with Gasteiger partial charge in [-0.05, 0) is 37.5 Å². The first kappa shape index (κ1) is 19.9. The molecule has 7 nitrogen and oxygen atoms in total. The van der Waals surface area contributed by atoms with Crippen LogP contribution in [0.4, 0.5) is 0 Å². The second-order valence-corrected chi connectivity index (χ2v) is 7.03. The lowest BCUT2D eigenvalue weighted by atomic mass is 9.86. The normalized spacial score (nSPS) is 18.9. The largest absolute Gasteiger partial charge is 0.467 e. The van der Waals surface area contributed by atoms with Gasteiger partial charge in [0.1, 0.15) is 6.04 Å². The summed E-state index contributed by atoms with van der Waals surface area (Å²) in [6.45, 7) is 5.18. The quantitative estimate of drug-likeness (QED) is 0.745. The Bertz CT molecular complexity index is 885. The minimum Gasteiger partial charge on any atom is -0.467 e. The van der Waals surface area contributed by atoms with Crippen molar-refractivity contribution < 1.29 is 19.1 Å². The molecule has 1 aliphatic rings. The summed E-state index contributed by atoms with van der Waals surface area (Å²) >= 11 is 0. The van der Waals surface area contributed by atoms with Gasteiger partial charge in [-0.25, -0.2) is 4.79 Å². The van der Waals surface area contributed by atoms with Crippen LogP contribution in [-0.4, -0.2) is 53.9 Å². The molecule has 0 saturated heterocycles. The summed E-state index contributed by atoms with van der Waals surface area (Å²) in [7, 11) is 1.31. The molecule has 0 aliphatic carbocycles. The van der Waals surface area contributed by atoms with Gasteiger partial charge >= 0.3 is 5.97 Å². The number of aromatic nitrogens is 1. The van der Waals surface area contributed by atoms with E-state index in [2.05, 4.69) is 10.3 Å². The van der Waals surface area contributed by atoms with Gasteiger partial charge in [0, 0.05) is 43.0 Å². The Morgan fingerprint density at radius 1 is 1.25 bits per heavy atom. The average Bonchev–Trinajstić information content (AvgIpc) is 3.10. The number of esters is 1. The maximum absolute atomic E-state index is 13.0. The van der Waals surface area contributed by atoms with Gasteiger partial charge < -0.3 is 19.9 Å². The highest BCUT2D eigenvalue weighted by Gasteiger charge is 2.33. The molecule has 2 amide bonds. The molecule has 3 rings (SSSR count). The highest BCUT2D eigenvalue weighted by atomic mass is 16.5. The van der Waals surface area contributed by atoms with E-state index in [-0.39, 0.29) is 18.2 Å². The van der Waals surface area contributed by atoms with Gasteiger partial charge in [-0.1, -0.05) is 12.1 Å². The van der Waals surface area contributed by atoms with Crippen molar-refractivity contribution in [1.29, 1.82) is 0 Å². The SMILES string of the molecule is CCN(CC)C(=O)CCC1C(=O)NC(C(=O)OC)Cc2c[nH]c3cccc1c23. The average molecular weight is 385 g/mol. The van der Waals surface area contributed by atoms with Crippen molar-refractivity contribution in [2.75, 3.05) is 20.2 Å². The van der Waals surface area contributed by atoms with E-state index in [1.54, 1.807) is 4.90 Å². The molecular weight excluding hydrogens is 358 g/mol. The highest BCUT2D eigenvalue weighted by molar-refractivity contribution is 5.97. The maximum Gasteiger partial charge on any atom is 0.328 e. The van der Waals surface area contributed by atoms with E-state index in [1.807, 2.05) is 38.2 Å². The van der Waals surface area contributed by atoms with E-state index in [9.17, 15) is 14.4 Å². The predicted molar refractivity (Wildman–Crippen MR) is 106 cm³/mol. The van der Waals surface area contributed by atoms with E-state index in [1.165, 1.54) is 7.11 Å². The third kappa shape index (κ3) is 3.74. The number of carbonyl (C=O) groups excluding carboxylic acids is 3. The monoisotopic (exact) mass is 385 g/mol. The van der Waals surface area contributed by atoms with Gasteiger partial charge in [-0.15, -0.1) is 0 Å². The fraction of sp³-hybridized carbons (Fsp3) is 0.476. The molecule has 7 heteroatoms. The first-order chi connectivity index (χ1) is 13.5. The first-order valence-corrected chi connectivity index (χ1v) is 9.74. The molecule has 2 unspecified atom stereocenters. The zero-order valence-corrected chi connectivity index (χ0v) is 16.6. The summed E-state index contributed by atoms with van der Waals surface area (Å²) in [5, 5.41) is 3.79. The molecule has 1 aromatic carbocycles. The van der Waals surface area contributed by atoms with E-state index in [0.717, 1.165) is 22.0 Å². The highest BCUT2D eigenvalue weighted by Crippen LogP contribution is 2.34. The van der Waals surface area contributed by atoms with Gasteiger partial charge in [0.2, 0.25) is 11.8 Å². The zero-order valence-electron chi connectivity index (χ0n) is 16.6. The number of hydrogen-bond acceptors (Lipinski definition) is 4. The van der Waals surface area contributed by atoms with Crippen molar-refractivity contribution in [2.45, 2.75) is 45.1 Å². The van der Waals surface area contributed by atoms with Crippen molar-refractivity contribution in [1.82, 2.24) is 15.2 Å². The zero-order chi connectivity index (χ0) is 20.3. The molecule has 1 aliphatic heterocycles. The summed E-state index contributed by atoms with van der Waals surface area (Å²) in [6.07, 6.45) is 2.90. The van der Waals surface area contributed by atoms with Gasteiger partial charge in [-0.2, -0.15) is 0 Å². The van der Waals surface area contributed by atoms with Gasteiger partial charge in [0.25, 0.3) is 0 Å². The molecule has 1 aromatic heterocycles. The van der Waals surface area contributed by atoms with Crippen LogP contribution >= 0.6 is 0 Å². The number of benzene rings is 1. The number of amides is 2. The molecule has 2 heterocycles. The number of carbonyl (C=O) groups is 3. The van der Waals surface area contributed by atoms with E-state index < -0.39 is 17.9 Å². The Labute approximate surface area is 164 Å². The van der Waals surface area contributed by atoms with Crippen LogP contribution in [0.5, 0.6) is 0 Å².